The predicted molar refractivity (Wildman–Crippen MR) is 130 cm³/mol. The number of thiazole rings is 1. The maximum atomic E-state index is 12.9. The van der Waals surface area contributed by atoms with Gasteiger partial charge in [-0.1, -0.05) is 30.7 Å². The Kier molecular flexibility index (Phi) is 7.30. The van der Waals surface area contributed by atoms with E-state index in [0.29, 0.717) is 17.9 Å². The zero-order valence-electron chi connectivity index (χ0n) is 19.2. The fraction of sp³-hybridized carbons (Fsp3) is 0.375. The Balaban J connectivity index is 1.67. The van der Waals surface area contributed by atoms with Gasteiger partial charge < -0.3 is 9.30 Å². The molecule has 1 aliphatic rings. The third kappa shape index (κ3) is 4.98. The van der Waals surface area contributed by atoms with Crippen molar-refractivity contribution in [3.63, 3.8) is 0 Å². The number of fused-ring (bicyclic) bond motifs is 1. The van der Waals surface area contributed by atoms with Gasteiger partial charge in [-0.05, 0) is 61.2 Å². The van der Waals surface area contributed by atoms with E-state index in [9.17, 15) is 18.0 Å². The van der Waals surface area contributed by atoms with Crippen molar-refractivity contribution in [3.05, 3.63) is 58.4 Å². The number of carbonyl (C=O) groups is 2. The van der Waals surface area contributed by atoms with E-state index in [2.05, 4.69) is 11.9 Å². The van der Waals surface area contributed by atoms with Crippen LogP contribution in [0.3, 0.4) is 0 Å². The summed E-state index contributed by atoms with van der Waals surface area (Å²) in [6.07, 6.45) is 3.61. The summed E-state index contributed by atoms with van der Waals surface area (Å²) in [6.45, 7) is 3.02. The van der Waals surface area contributed by atoms with Crippen LogP contribution in [0.4, 0.5) is 0 Å². The smallest absolute Gasteiger partial charge is 0.325 e. The number of ether oxygens (including phenoxy) is 1. The molecule has 0 bridgehead atoms. The van der Waals surface area contributed by atoms with Crippen LogP contribution < -0.4 is 4.80 Å². The molecule has 0 unspecified atom stereocenters. The van der Waals surface area contributed by atoms with E-state index in [0.717, 1.165) is 41.5 Å². The van der Waals surface area contributed by atoms with Crippen LogP contribution in [0.15, 0.2) is 52.4 Å². The number of sulfonamides is 1. The third-order valence-electron chi connectivity index (χ3n) is 5.92. The van der Waals surface area contributed by atoms with Gasteiger partial charge in [-0.2, -0.15) is 9.30 Å². The van der Waals surface area contributed by atoms with Crippen LogP contribution in [-0.2, 0) is 32.5 Å². The van der Waals surface area contributed by atoms with E-state index >= 15 is 0 Å². The maximum absolute atomic E-state index is 12.9. The molecule has 3 aromatic rings. The van der Waals surface area contributed by atoms with E-state index < -0.39 is 21.9 Å². The average Bonchev–Trinajstić information content (AvgIpc) is 3.20. The topological polar surface area (TPSA) is 98.0 Å². The lowest BCUT2D eigenvalue weighted by Gasteiger charge is -2.25. The third-order valence-corrected chi connectivity index (χ3v) is 8.88. The monoisotopic (exact) mass is 501 g/mol. The molecule has 10 heteroatoms. The van der Waals surface area contributed by atoms with Crippen molar-refractivity contribution < 1.29 is 22.7 Å². The first-order valence-corrected chi connectivity index (χ1v) is 13.5. The number of benzene rings is 2. The molecule has 0 aliphatic carbocycles. The molecule has 1 aliphatic heterocycles. The summed E-state index contributed by atoms with van der Waals surface area (Å²) in [5.74, 6) is -0.955. The Bertz CT molecular complexity index is 1380. The first-order chi connectivity index (χ1) is 16.3. The Morgan fingerprint density at radius 2 is 1.76 bits per heavy atom. The minimum atomic E-state index is -3.57. The molecule has 0 saturated carbocycles. The van der Waals surface area contributed by atoms with E-state index in [1.54, 1.807) is 4.57 Å². The van der Waals surface area contributed by atoms with Crippen molar-refractivity contribution in [3.8, 4) is 0 Å². The van der Waals surface area contributed by atoms with Crippen molar-refractivity contribution >= 4 is 43.5 Å². The van der Waals surface area contributed by atoms with Gasteiger partial charge in [0, 0.05) is 18.7 Å². The van der Waals surface area contributed by atoms with Crippen molar-refractivity contribution in [2.24, 2.45) is 4.99 Å². The molecule has 0 spiro atoms. The lowest BCUT2D eigenvalue weighted by atomic mass is 10.2. The van der Waals surface area contributed by atoms with Gasteiger partial charge >= 0.3 is 5.97 Å². The molecule has 1 saturated heterocycles. The quantitative estimate of drug-likeness (QED) is 0.483. The maximum Gasteiger partial charge on any atom is 0.325 e. The molecule has 1 amide bonds. The van der Waals surface area contributed by atoms with Crippen molar-refractivity contribution in [2.75, 3.05) is 20.2 Å². The van der Waals surface area contributed by atoms with Gasteiger partial charge in [-0.25, -0.2) is 8.42 Å². The Labute approximate surface area is 202 Å². The number of hydrogen-bond acceptors (Lipinski definition) is 6. The minimum absolute atomic E-state index is 0.0684. The SMILES string of the molecule is CCc1ccc2c(c1)sc(=NC(=O)c1ccc(S(=O)(=O)N3CCCCC3)cc1)n2CC(=O)OC. The molecule has 2 aromatic carbocycles. The average molecular weight is 502 g/mol. The van der Waals surface area contributed by atoms with E-state index in [1.165, 1.54) is 47.0 Å². The Hall–Kier alpha value is -2.82. The number of aromatic nitrogens is 1. The zero-order chi connectivity index (χ0) is 24.3. The minimum Gasteiger partial charge on any atom is -0.468 e. The molecule has 34 heavy (non-hydrogen) atoms. The first-order valence-electron chi connectivity index (χ1n) is 11.2. The van der Waals surface area contributed by atoms with Crippen LogP contribution in [0.2, 0.25) is 0 Å². The highest BCUT2D eigenvalue weighted by molar-refractivity contribution is 7.89. The second-order valence-electron chi connectivity index (χ2n) is 8.11. The lowest BCUT2D eigenvalue weighted by Crippen LogP contribution is -2.35. The number of carbonyl (C=O) groups excluding carboxylic acids is 2. The normalized spacial score (nSPS) is 15.5. The van der Waals surface area contributed by atoms with Crippen LogP contribution >= 0.6 is 11.3 Å². The molecule has 0 N–H and O–H groups in total. The van der Waals surface area contributed by atoms with Crippen LogP contribution in [0.1, 0.15) is 42.1 Å². The molecular formula is C24H27N3O5S2. The van der Waals surface area contributed by atoms with E-state index in [-0.39, 0.29) is 17.0 Å². The summed E-state index contributed by atoms with van der Waals surface area (Å²) in [5.41, 5.74) is 2.21. The van der Waals surface area contributed by atoms with Crippen molar-refractivity contribution in [1.29, 1.82) is 0 Å². The van der Waals surface area contributed by atoms with Gasteiger partial charge in [-0.15, -0.1) is 0 Å². The highest BCUT2D eigenvalue weighted by Gasteiger charge is 2.26. The number of piperidine rings is 1. The largest absolute Gasteiger partial charge is 0.468 e. The second-order valence-corrected chi connectivity index (χ2v) is 11.1. The van der Waals surface area contributed by atoms with Crippen LogP contribution in [0.25, 0.3) is 10.2 Å². The van der Waals surface area contributed by atoms with Crippen LogP contribution in [0, 0.1) is 0 Å². The molecule has 1 fully saturated rings. The van der Waals surface area contributed by atoms with Crippen LogP contribution in [0.5, 0.6) is 0 Å². The van der Waals surface area contributed by atoms with Gasteiger partial charge in [-0.3, -0.25) is 9.59 Å². The zero-order valence-corrected chi connectivity index (χ0v) is 20.8. The fourth-order valence-electron chi connectivity index (χ4n) is 3.94. The van der Waals surface area contributed by atoms with Gasteiger partial charge in [0.1, 0.15) is 6.54 Å². The summed E-state index contributed by atoms with van der Waals surface area (Å²) in [6, 6.07) is 11.8. The van der Waals surface area contributed by atoms with Gasteiger partial charge in [0.2, 0.25) is 10.0 Å². The molecule has 1 aromatic heterocycles. The Morgan fingerprint density at radius 3 is 2.41 bits per heavy atom. The van der Waals surface area contributed by atoms with E-state index in [4.69, 9.17) is 4.74 Å². The number of hydrogen-bond donors (Lipinski definition) is 0. The van der Waals surface area contributed by atoms with E-state index in [1.807, 2.05) is 18.2 Å². The number of rotatable bonds is 6. The number of nitrogens with zero attached hydrogens (tertiary/aromatic N) is 3. The standard InChI is InChI=1S/C24H27N3O5S2/c1-3-17-7-12-20-21(15-17)33-24(27(20)16-22(28)32-2)25-23(29)18-8-10-19(11-9-18)34(30,31)26-13-5-4-6-14-26/h7-12,15H,3-6,13-14,16H2,1-2H3. The summed E-state index contributed by atoms with van der Waals surface area (Å²) >= 11 is 1.32. The highest BCUT2D eigenvalue weighted by atomic mass is 32.2. The summed E-state index contributed by atoms with van der Waals surface area (Å²) in [7, 11) is -2.26. The molecule has 0 radical (unpaired) electrons. The second kappa shape index (κ2) is 10.2. The number of aryl methyl sites for hydroxylation is 1. The molecule has 0 atom stereocenters. The van der Waals surface area contributed by atoms with Crippen molar-refractivity contribution in [2.45, 2.75) is 44.0 Å². The number of methoxy groups -OCH3 is 1. The highest BCUT2D eigenvalue weighted by Crippen LogP contribution is 2.22. The van der Waals surface area contributed by atoms with Gasteiger partial charge in [0.15, 0.2) is 4.80 Å². The summed E-state index contributed by atoms with van der Waals surface area (Å²) in [5, 5.41) is 0. The molecule has 8 nitrogen and oxygen atoms in total. The lowest BCUT2D eigenvalue weighted by molar-refractivity contribution is -0.141. The van der Waals surface area contributed by atoms with Gasteiger partial charge in [0.05, 0.1) is 22.2 Å². The predicted octanol–water partition coefficient (Wildman–Crippen LogP) is 3.35. The summed E-state index contributed by atoms with van der Waals surface area (Å²) in [4.78, 5) is 29.7. The molecular weight excluding hydrogens is 474 g/mol. The number of esters is 1. The molecule has 2 heterocycles. The summed E-state index contributed by atoms with van der Waals surface area (Å²) < 4.78 is 34.6. The molecule has 180 valence electrons. The fourth-order valence-corrected chi connectivity index (χ4v) is 6.55. The number of amides is 1. The van der Waals surface area contributed by atoms with Crippen molar-refractivity contribution in [1.82, 2.24) is 8.87 Å². The molecule has 4 rings (SSSR count). The first kappa shape index (κ1) is 24.3. The van der Waals surface area contributed by atoms with Crippen LogP contribution in [-0.4, -0.2) is 49.4 Å². The van der Waals surface area contributed by atoms with Gasteiger partial charge in [0.25, 0.3) is 5.91 Å². The Morgan fingerprint density at radius 1 is 1.06 bits per heavy atom.